The minimum atomic E-state index is 0.0154. The van der Waals surface area contributed by atoms with Crippen LogP contribution in [0.15, 0.2) is 28.7 Å². The SMILES string of the molecule is CN1CCC(NC(=O)c2cccc(Br)c2)C1. The van der Waals surface area contributed by atoms with E-state index in [0.717, 1.165) is 24.0 Å². The van der Waals surface area contributed by atoms with E-state index in [1.54, 1.807) is 0 Å². The molecule has 0 aromatic heterocycles. The van der Waals surface area contributed by atoms with Crippen LogP contribution in [0.5, 0.6) is 0 Å². The second-order valence-electron chi connectivity index (χ2n) is 4.23. The number of carbonyl (C=O) groups is 1. The standard InChI is InChI=1S/C12H15BrN2O/c1-15-6-5-11(8-15)14-12(16)9-3-2-4-10(13)7-9/h2-4,7,11H,5-6,8H2,1H3,(H,14,16). The fourth-order valence-electron chi connectivity index (χ4n) is 1.95. The Hall–Kier alpha value is -0.870. The monoisotopic (exact) mass is 282 g/mol. The highest BCUT2D eigenvalue weighted by Crippen LogP contribution is 2.13. The summed E-state index contributed by atoms with van der Waals surface area (Å²) in [6.07, 6.45) is 1.04. The van der Waals surface area contributed by atoms with Crippen molar-refractivity contribution in [2.24, 2.45) is 0 Å². The minimum Gasteiger partial charge on any atom is -0.348 e. The van der Waals surface area contributed by atoms with Crippen LogP contribution in [0.4, 0.5) is 0 Å². The molecule has 0 radical (unpaired) electrons. The summed E-state index contributed by atoms with van der Waals surface area (Å²) >= 11 is 3.36. The van der Waals surface area contributed by atoms with E-state index in [2.05, 4.69) is 33.2 Å². The van der Waals surface area contributed by atoms with Gasteiger partial charge in [-0.2, -0.15) is 0 Å². The summed E-state index contributed by atoms with van der Waals surface area (Å²) < 4.78 is 0.934. The second-order valence-corrected chi connectivity index (χ2v) is 5.15. The number of hydrogen-bond acceptors (Lipinski definition) is 2. The Morgan fingerprint density at radius 2 is 2.38 bits per heavy atom. The van der Waals surface area contributed by atoms with Crippen molar-refractivity contribution in [3.63, 3.8) is 0 Å². The summed E-state index contributed by atoms with van der Waals surface area (Å²) in [6.45, 7) is 2.00. The fourth-order valence-corrected chi connectivity index (χ4v) is 2.35. The molecule has 1 aromatic carbocycles. The normalized spacial score (nSPS) is 21.0. The van der Waals surface area contributed by atoms with Crippen LogP contribution in [-0.2, 0) is 0 Å². The molecule has 1 amide bonds. The lowest BCUT2D eigenvalue weighted by Gasteiger charge is -2.12. The van der Waals surface area contributed by atoms with Crippen molar-refractivity contribution in [1.29, 1.82) is 0 Å². The van der Waals surface area contributed by atoms with E-state index in [4.69, 9.17) is 0 Å². The van der Waals surface area contributed by atoms with Gasteiger partial charge in [0.1, 0.15) is 0 Å². The van der Waals surface area contributed by atoms with Crippen LogP contribution in [0.3, 0.4) is 0 Å². The smallest absolute Gasteiger partial charge is 0.251 e. The van der Waals surface area contributed by atoms with Crippen LogP contribution in [0.1, 0.15) is 16.8 Å². The van der Waals surface area contributed by atoms with Crippen LogP contribution in [0.2, 0.25) is 0 Å². The van der Waals surface area contributed by atoms with E-state index in [-0.39, 0.29) is 11.9 Å². The lowest BCUT2D eigenvalue weighted by atomic mass is 10.2. The average Bonchev–Trinajstić information content (AvgIpc) is 2.64. The summed E-state index contributed by atoms with van der Waals surface area (Å²) in [4.78, 5) is 14.1. The van der Waals surface area contributed by atoms with Crippen LogP contribution >= 0.6 is 15.9 Å². The first-order chi connectivity index (χ1) is 7.65. The minimum absolute atomic E-state index is 0.0154. The zero-order valence-electron chi connectivity index (χ0n) is 9.24. The Kier molecular flexibility index (Phi) is 3.61. The molecule has 1 aliphatic rings. The summed E-state index contributed by atoms with van der Waals surface area (Å²) in [7, 11) is 2.07. The quantitative estimate of drug-likeness (QED) is 0.899. The molecule has 0 saturated carbocycles. The van der Waals surface area contributed by atoms with Crippen molar-refractivity contribution < 1.29 is 4.79 Å². The van der Waals surface area contributed by atoms with Crippen molar-refractivity contribution in [1.82, 2.24) is 10.2 Å². The van der Waals surface area contributed by atoms with Crippen molar-refractivity contribution in [3.05, 3.63) is 34.3 Å². The first-order valence-electron chi connectivity index (χ1n) is 5.40. The average molecular weight is 283 g/mol. The van der Waals surface area contributed by atoms with Gasteiger partial charge in [0, 0.05) is 22.6 Å². The van der Waals surface area contributed by atoms with Gasteiger partial charge in [-0.05, 0) is 38.2 Å². The van der Waals surface area contributed by atoms with Gasteiger partial charge in [-0.15, -0.1) is 0 Å². The van der Waals surface area contributed by atoms with Gasteiger partial charge in [-0.25, -0.2) is 0 Å². The highest BCUT2D eigenvalue weighted by molar-refractivity contribution is 9.10. The number of carbonyl (C=O) groups excluding carboxylic acids is 1. The van der Waals surface area contributed by atoms with Crippen LogP contribution in [0, 0.1) is 0 Å². The number of benzene rings is 1. The number of halogens is 1. The molecule has 1 saturated heterocycles. The molecule has 0 aliphatic carbocycles. The van der Waals surface area contributed by atoms with Crippen LogP contribution in [0.25, 0.3) is 0 Å². The topological polar surface area (TPSA) is 32.3 Å². The molecular weight excluding hydrogens is 268 g/mol. The van der Waals surface area contributed by atoms with E-state index >= 15 is 0 Å². The molecule has 0 spiro atoms. The molecule has 1 atom stereocenters. The molecule has 16 heavy (non-hydrogen) atoms. The maximum absolute atomic E-state index is 11.9. The van der Waals surface area contributed by atoms with Gasteiger partial charge in [0.15, 0.2) is 0 Å². The third kappa shape index (κ3) is 2.83. The van der Waals surface area contributed by atoms with Crippen molar-refractivity contribution >= 4 is 21.8 Å². The van der Waals surface area contributed by atoms with Gasteiger partial charge in [-0.1, -0.05) is 22.0 Å². The largest absolute Gasteiger partial charge is 0.348 e. The van der Waals surface area contributed by atoms with E-state index in [1.807, 2.05) is 24.3 Å². The third-order valence-corrected chi connectivity index (χ3v) is 3.31. The molecule has 1 unspecified atom stereocenters. The Labute approximate surface area is 104 Å². The molecule has 1 aromatic rings. The summed E-state index contributed by atoms with van der Waals surface area (Å²) in [6, 6.07) is 7.75. The number of hydrogen-bond donors (Lipinski definition) is 1. The highest BCUT2D eigenvalue weighted by Gasteiger charge is 2.21. The van der Waals surface area contributed by atoms with Crippen molar-refractivity contribution in [2.75, 3.05) is 20.1 Å². The molecule has 4 heteroatoms. The number of likely N-dealkylation sites (tertiary alicyclic amines) is 1. The van der Waals surface area contributed by atoms with Crippen molar-refractivity contribution in [2.45, 2.75) is 12.5 Å². The van der Waals surface area contributed by atoms with Gasteiger partial charge in [-0.3, -0.25) is 4.79 Å². The number of likely N-dealkylation sites (N-methyl/N-ethyl adjacent to an activating group) is 1. The lowest BCUT2D eigenvalue weighted by Crippen LogP contribution is -2.36. The molecule has 86 valence electrons. The van der Waals surface area contributed by atoms with Gasteiger partial charge in [0.05, 0.1) is 0 Å². The molecule has 3 nitrogen and oxygen atoms in total. The zero-order chi connectivity index (χ0) is 11.5. The zero-order valence-corrected chi connectivity index (χ0v) is 10.8. The lowest BCUT2D eigenvalue weighted by molar-refractivity contribution is 0.0938. The van der Waals surface area contributed by atoms with E-state index < -0.39 is 0 Å². The summed E-state index contributed by atoms with van der Waals surface area (Å²) in [5.74, 6) is 0.0154. The van der Waals surface area contributed by atoms with Gasteiger partial charge < -0.3 is 10.2 Å². The van der Waals surface area contributed by atoms with Gasteiger partial charge in [0.25, 0.3) is 5.91 Å². The van der Waals surface area contributed by atoms with Crippen LogP contribution in [-0.4, -0.2) is 37.0 Å². The predicted octanol–water partition coefficient (Wildman–Crippen LogP) is 1.88. The van der Waals surface area contributed by atoms with Crippen molar-refractivity contribution in [3.8, 4) is 0 Å². The highest BCUT2D eigenvalue weighted by atomic mass is 79.9. The number of rotatable bonds is 2. The summed E-state index contributed by atoms with van der Waals surface area (Å²) in [5, 5.41) is 3.05. The van der Waals surface area contributed by atoms with E-state index in [1.165, 1.54) is 0 Å². The first kappa shape index (κ1) is 11.6. The Bertz CT molecular complexity index is 394. The summed E-state index contributed by atoms with van der Waals surface area (Å²) in [5.41, 5.74) is 0.712. The Balaban J connectivity index is 1.98. The molecule has 0 bridgehead atoms. The van der Waals surface area contributed by atoms with E-state index in [9.17, 15) is 4.79 Å². The Morgan fingerprint density at radius 3 is 3.00 bits per heavy atom. The van der Waals surface area contributed by atoms with Gasteiger partial charge >= 0.3 is 0 Å². The Morgan fingerprint density at radius 1 is 1.56 bits per heavy atom. The second kappa shape index (κ2) is 4.97. The predicted molar refractivity (Wildman–Crippen MR) is 67.5 cm³/mol. The molecular formula is C12H15BrN2O. The third-order valence-electron chi connectivity index (χ3n) is 2.81. The first-order valence-corrected chi connectivity index (χ1v) is 6.19. The molecule has 1 heterocycles. The molecule has 1 N–H and O–H groups in total. The maximum Gasteiger partial charge on any atom is 0.251 e. The van der Waals surface area contributed by atoms with E-state index in [0.29, 0.717) is 5.56 Å². The molecule has 1 aliphatic heterocycles. The number of amides is 1. The maximum atomic E-state index is 11.9. The van der Waals surface area contributed by atoms with Gasteiger partial charge in [0.2, 0.25) is 0 Å². The fraction of sp³-hybridized carbons (Fsp3) is 0.417. The molecule has 1 fully saturated rings. The number of nitrogens with one attached hydrogen (secondary N) is 1. The number of nitrogens with zero attached hydrogens (tertiary/aromatic N) is 1. The van der Waals surface area contributed by atoms with Crippen LogP contribution < -0.4 is 5.32 Å². The molecule has 2 rings (SSSR count).